The number of hydrogen-bond donors (Lipinski definition) is 0. The van der Waals surface area contributed by atoms with Gasteiger partial charge in [-0.2, -0.15) is 0 Å². The van der Waals surface area contributed by atoms with Gasteiger partial charge in [-0.05, 0) is 54.6 Å². The number of ketones is 2. The molecule has 0 saturated carbocycles. The monoisotopic (exact) mass is 318 g/mol. The van der Waals surface area contributed by atoms with Gasteiger partial charge in [0, 0.05) is 11.1 Å². The van der Waals surface area contributed by atoms with E-state index >= 15 is 0 Å². The Labute approximate surface area is 138 Å². The first-order chi connectivity index (χ1) is 11.7. The van der Waals surface area contributed by atoms with Crippen LogP contribution < -0.4 is 0 Å². The van der Waals surface area contributed by atoms with E-state index in [4.69, 9.17) is 8.83 Å². The highest BCUT2D eigenvalue weighted by atomic mass is 16.3. The summed E-state index contributed by atoms with van der Waals surface area (Å²) in [5.41, 5.74) is 0.880. The van der Waals surface area contributed by atoms with Crippen molar-refractivity contribution in [2.45, 2.75) is 0 Å². The molecular formula is C20H14O4. The lowest BCUT2D eigenvalue weighted by Gasteiger charge is -1.99. The SMILES string of the molecule is O=C(C=Cc1ccco1)c1cccc(C(=O)C=Cc2ccco2)c1. The highest BCUT2D eigenvalue weighted by Crippen LogP contribution is 2.11. The number of furan rings is 2. The average molecular weight is 318 g/mol. The predicted octanol–water partition coefficient (Wildman–Crippen LogP) is 4.66. The molecule has 0 unspecified atom stereocenters. The van der Waals surface area contributed by atoms with Crippen LogP contribution in [-0.4, -0.2) is 11.6 Å². The molecule has 2 aromatic heterocycles. The molecule has 0 amide bonds. The molecule has 0 fully saturated rings. The summed E-state index contributed by atoms with van der Waals surface area (Å²) in [6.07, 6.45) is 9.09. The largest absolute Gasteiger partial charge is 0.465 e. The van der Waals surface area contributed by atoms with Crippen molar-refractivity contribution >= 4 is 23.7 Å². The quantitative estimate of drug-likeness (QED) is 0.489. The summed E-state index contributed by atoms with van der Waals surface area (Å²) in [5, 5.41) is 0. The zero-order chi connectivity index (χ0) is 16.8. The van der Waals surface area contributed by atoms with E-state index in [9.17, 15) is 9.59 Å². The first-order valence-corrected chi connectivity index (χ1v) is 7.34. The number of carbonyl (C=O) groups excluding carboxylic acids is 2. The molecule has 4 heteroatoms. The van der Waals surface area contributed by atoms with Crippen LogP contribution in [0.15, 0.2) is 82.0 Å². The smallest absolute Gasteiger partial charge is 0.185 e. The number of benzene rings is 1. The summed E-state index contributed by atoms with van der Waals surface area (Å²) in [4.78, 5) is 24.4. The summed E-state index contributed by atoms with van der Waals surface area (Å²) in [7, 11) is 0. The number of hydrogen-bond acceptors (Lipinski definition) is 4. The van der Waals surface area contributed by atoms with Crippen molar-refractivity contribution in [2.75, 3.05) is 0 Å². The molecule has 118 valence electrons. The fourth-order valence-corrected chi connectivity index (χ4v) is 2.11. The van der Waals surface area contributed by atoms with Crippen molar-refractivity contribution in [3.05, 3.63) is 95.9 Å². The highest BCUT2D eigenvalue weighted by molar-refractivity contribution is 6.11. The molecule has 24 heavy (non-hydrogen) atoms. The molecule has 0 aliphatic carbocycles. The first kappa shape index (κ1) is 15.5. The van der Waals surface area contributed by atoms with Gasteiger partial charge in [0.25, 0.3) is 0 Å². The van der Waals surface area contributed by atoms with Crippen LogP contribution in [0, 0.1) is 0 Å². The van der Waals surface area contributed by atoms with Crippen LogP contribution in [-0.2, 0) is 0 Å². The fourth-order valence-electron chi connectivity index (χ4n) is 2.11. The Balaban J connectivity index is 1.73. The van der Waals surface area contributed by atoms with Crippen molar-refractivity contribution < 1.29 is 18.4 Å². The van der Waals surface area contributed by atoms with Gasteiger partial charge in [0.2, 0.25) is 0 Å². The third-order valence-corrected chi connectivity index (χ3v) is 3.32. The molecule has 0 N–H and O–H groups in total. The number of carbonyl (C=O) groups is 2. The highest BCUT2D eigenvalue weighted by Gasteiger charge is 2.07. The van der Waals surface area contributed by atoms with Crippen LogP contribution >= 0.6 is 0 Å². The first-order valence-electron chi connectivity index (χ1n) is 7.34. The van der Waals surface area contributed by atoms with E-state index in [1.165, 1.54) is 24.7 Å². The lowest BCUT2D eigenvalue weighted by atomic mass is 10.0. The van der Waals surface area contributed by atoms with E-state index in [-0.39, 0.29) is 11.6 Å². The Bertz CT molecular complexity index is 810. The summed E-state index contributed by atoms with van der Waals surface area (Å²) in [6, 6.07) is 13.6. The standard InChI is InChI=1S/C20H14O4/c21-19(10-8-17-6-2-12-23-17)15-4-1-5-16(14-15)20(22)11-9-18-7-3-13-24-18/h1-14H. The normalized spacial score (nSPS) is 11.3. The van der Waals surface area contributed by atoms with Gasteiger partial charge in [-0.3, -0.25) is 9.59 Å². The van der Waals surface area contributed by atoms with E-state index < -0.39 is 0 Å². The minimum Gasteiger partial charge on any atom is -0.465 e. The van der Waals surface area contributed by atoms with Gasteiger partial charge in [0.05, 0.1) is 12.5 Å². The minimum atomic E-state index is -0.198. The summed E-state index contributed by atoms with van der Waals surface area (Å²) in [5.74, 6) is 0.793. The topological polar surface area (TPSA) is 60.4 Å². The number of allylic oxidation sites excluding steroid dienone is 2. The fraction of sp³-hybridized carbons (Fsp3) is 0. The second kappa shape index (κ2) is 7.24. The summed E-state index contributed by atoms with van der Waals surface area (Å²) >= 11 is 0. The maximum absolute atomic E-state index is 12.2. The summed E-state index contributed by atoms with van der Waals surface area (Å²) < 4.78 is 10.3. The van der Waals surface area contributed by atoms with E-state index in [0.717, 1.165) is 0 Å². The molecule has 0 aliphatic rings. The molecule has 1 aromatic carbocycles. The molecule has 0 radical (unpaired) electrons. The second-order valence-electron chi connectivity index (χ2n) is 5.01. The molecule has 0 aliphatic heterocycles. The molecule has 4 nitrogen and oxygen atoms in total. The van der Waals surface area contributed by atoms with Crippen LogP contribution in [0.5, 0.6) is 0 Å². The van der Waals surface area contributed by atoms with Gasteiger partial charge in [0.15, 0.2) is 11.6 Å². The Kier molecular flexibility index (Phi) is 4.68. The van der Waals surface area contributed by atoms with Crippen LogP contribution in [0.3, 0.4) is 0 Å². The molecule has 0 bridgehead atoms. The van der Waals surface area contributed by atoms with Crippen molar-refractivity contribution in [1.29, 1.82) is 0 Å². The predicted molar refractivity (Wildman–Crippen MR) is 90.6 cm³/mol. The van der Waals surface area contributed by atoms with Crippen molar-refractivity contribution in [2.24, 2.45) is 0 Å². The zero-order valence-corrected chi connectivity index (χ0v) is 12.7. The van der Waals surface area contributed by atoms with E-state index in [1.807, 2.05) is 0 Å². The van der Waals surface area contributed by atoms with Gasteiger partial charge in [0.1, 0.15) is 11.5 Å². The maximum atomic E-state index is 12.2. The van der Waals surface area contributed by atoms with Gasteiger partial charge in [-0.1, -0.05) is 18.2 Å². The third kappa shape index (κ3) is 3.87. The minimum absolute atomic E-state index is 0.198. The van der Waals surface area contributed by atoms with Crippen LogP contribution in [0.2, 0.25) is 0 Å². The Morgan fingerprint density at radius 2 is 1.21 bits per heavy atom. The zero-order valence-electron chi connectivity index (χ0n) is 12.7. The molecule has 2 heterocycles. The van der Waals surface area contributed by atoms with Gasteiger partial charge >= 0.3 is 0 Å². The Morgan fingerprint density at radius 3 is 1.62 bits per heavy atom. The van der Waals surface area contributed by atoms with Crippen LogP contribution in [0.25, 0.3) is 12.2 Å². The van der Waals surface area contributed by atoms with Gasteiger partial charge < -0.3 is 8.83 Å². The number of rotatable bonds is 6. The summed E-state index contributed by atoms with van der Waals surface area (Å²) in [6.45, 7) is 0. The van der Waals surface area contributed by atoms with Gasteiger partial charge in [-0.25, -0.2) is 0 Å². The molecule has 3 rings (SSSR count). The Morgan fingerprint density at radius 1 is 0.708 bits per heavy atom. The van der Waals surface area contributed by atoms with Gasteiger partial charge in [-0.15, -0.1) is 0 Å². The van der Waals surface area contributed by atoms with Crippen LogP contribution in [0.4, 0.5) is 0 Å². The molecule has 0 spiro atoms. The molecule has 0 atom stereocenters. The average Bonchev–Trinajstić information content (AvgIpc) is 3.31. The van der Waals surface area contributed by atoms with Crippen molar-refractivity contribution in [3.63, 3.8) is 0 Å². The second-order valence-corrected chi connectivity index (χ2v) is 5.01. The van der Waals surface area contributed by atoms with E-state index in [2.05, 4.69) is 0 Å². The Hall–Kier alpha value is -3.40. The molecular weight excluding hydrogens is 304 g/mol. The van der Waals surface area contributed by atoms with E-state index in [0.29, 0.717) is 22.6 Å². The van der Waals surface area contributed by atoms with Crippen molar-refractivity contribution in [3.8, 4) is 0 Å². The molecule has 0 saturated heterocycles. The van der Waals surface area contributed by atoms with Crippen LogP contribution in [0.1, 0.15) is 32.2 Å². The third-order valence-electron chi connectivity index (χ3n) is 3.32. The van der Waals surface area contributed by atoms with Crippen molar-refractivity contribution in [1.82, 2.24) is 0 Å². The lowest BCUT2D eigenvalue weighted by molar-refractivity contribution is 0.104. The van der Waals surface area contributed by atoms with E-state index in [1.54, 1.807) is 60.7 Å². The molecule has 3 aromatic rings. The maximum Gasteiger partial charge on any atom is 0.185 e. The lowest BCUT2D eigenvalue weighted by Crippen LogP contribution is -1.99.